The first-order chi connectivity index (χ1) is 15.5. The van der Waals surface area contributed by atoms with Crippen molar-refractivity contribution in [3.8, 4) is 0 Å². The van der Waals surface area contributed by atoms with E-state index in [0.717, 1.165) is 21.6 Å². The number of carbonyl (C=O) groups is 1. The number of hydrogen-bond acceptors (Lipinski definition) is 5. The molecule has 6 nitrogen and oxygen atoms in total. The first kappa shape index (κ1) is 24.0. The number of fused-ring (bicyclic) bond motifs is 1. The van der Waals surface area contributed by atoms with Gasteiger partial charge < -0.3 is 10.2 Å². The van der Waals surface area contributed by atoms with Crippen LogP contribution in [0.3, 0.4) is 0 Å². The number of benzene rings is 1. The number of thiophene rings is 1. The summed E-state index contributed by atoms with van der Waals surface area (Å²) in [6.45, 7) is 8.41. The summed E-state index contributed by atoms with van der Waals surface area (Å²) in [7, 11) is 0. The molecule has 1 aliphatic rings. The van der Waals surface area contributed by atoms with Gasteiger partial charge in [-0.25, -0.2) is 14.8 Å². The Bertz CT molecular complexity index is 1220. The summed E-state index contributed by atoms with van der Waals surface area (Å²) in [5.41, 5.74) is 1.63. The van der Waals surface area contributed by atoms with Gasteiger partial charge in [0.05, 0.1) is 0 Å². The number of aliphatic hydroxyl groups is 1. The highest BCUT2D eigenvalue weighted by Gasteiger charge is 2.55. The number of rotatable bonds is 3. The minimum Gasteiger partial charge on any atom is -0.465 e. The highest BCUT2D eigenvalue weighted by atomic mass is 35.5. The van der Waals surface area contributed by atoms with Gasteiger partial charge in [-0.15, -0.1) is 11.3 Å². The molecule has 1 aliphatic heterocycles. The summed E-state index contributed by atoms with van der Waals surface area (Å²) in [4.78, 5) is 23.6. The second-order valence-corrected chi connectivity index (χ2v) is 11.3. The Hall–Kier alpha value is -2.19. The molecule has 2 aromatic heterocycles. The molecule has 1 unspecified atom stereocenters. The van der Waals surface area contributed by atoms with Gasteiger partial charge in [0.2, 0.25) is 0 Å². The number of aromatic nitrogens is 2. The van der Waals surface area contributed by atoms with Crippen molar-refractivity contribution in [3.05, 3.63) is 79.0 Å². The van der Waals surface area contributed by atoms with Crippen LogP contribution in [-0.4, -0.2) is 37.7 Å². The van der Waals surface area contributed by atoms with Gasteiger partial charge in [-0.05, 0) is 53.6 Å². The fourth-order valence-corrected chi connectivity index (χ4v) is 6.51. The number of hydrogen-bond donors (Lipinski definition) is 2. The smallest absolute Gasteiger partial charge is 0.408 e. The van der Waals surface area contributed by atoms with Crippen molar-refractivity contribution in [2.45, 2.75) is 45.8 Å². The van der Waals surface area contributed by atoms with E-state index in [1.54, 1.807) is 0 Å². The van der Waals surface area contributed by atoms with Crippen molar-refractivity contribution >= 4 is 40.6 Å². The third-order valence-electron chi connectivity index (χ3n) is 6.37. The Morgan fingerprint density at radius 3 is 2.61 bits per heavy atom. The predicted molar refractivity (Wildman–Crippen MR) is 130 cm³/mol. The van der Waals surface area contributed by atoms with Gasteiger partial charge in [0.1, 0.15) is 23.1 Å². The molecule has 0 spiro atoms. The zero-order chi connectivity index (χ0) is 24.1. The Morgan fingerprint density at radius 2 is 1.97 bits per heavy atom. The molecule has 0 radical (unpaired) electrons. The highest BCUT2D eigenvalue weighted by molar-refractivity contribution is 7.12. The molecule has 174 valence electrons. The van der Waals surface area contributed by atoms with E-state index in [9.17, 15) is 15.0 Å². The van der Waals surface area contributed by atoms with E-state index in [-0.39, 0.29) is 5.15 Å². The Kier molecular flexibility index (Phi) is 6.20. The van der Waals surface area contributed by atoms with Crippen LogP contribution in [0.2, 0.25) is 10.2 Å². The number of halogens is 2. The van der Waals surface area contributed by atoms with E-state index in [1.165, 1.54) is 28.8 Å². The first-order valence-corrected chi connectivity index (χ1v) is 12.1. The van der Waals surface area contributed by atoms with Gasteiger partial charge >= 0.3 is 6.09 Å². The van der Waals surface area contributed by atoms with Crippen molar-refractivity contribution in [3.63, 3.8) is 0 Å². The standard InChI is InChI=1S/C24H25Cl2N3O3S/c1-13-17(10-19(33-13)20(30)16-11-27-12-28-21(16)26)24(23(2,3)4)18-9-15(25)6-5-14(18)7-8-29(24)22(31)32/h5-6,9-12,20,30H,7-8H2,1-4H3,(H,31,32)/t20?,24-/m0/s1. The van der Waals surface area contributed by atoms with Crippen LogP contribution in [0.4, 0.5) is 4.79 Å². The van der Waals surface area contributed by atoms with Crippen LogP contribution in [0.5, 0.6) is 0 Å². The van der Waals surface area contributed by atoms with Crippen molar-refractivity contribution in [2.75, 3.05) is 6.54 Å². The highest BCUT2D eigenvalue weighted by Crippen LogP contribution is 2.55. The van der Waals surface area contributed by atoms with Crippen LogP contribution in [0.25, 0.3) is 0 Å². The largest absolute Gasteiger partial charge is 0.465 e. The zero-order valence-electron chi connectivity index (χ0n) is 18.8. The third-order valence-corrected chi connectivity index (χ3v) is 8.02. The number of nitrogens with zero attached hydrogens (tertiary/aromatic N) is 3. The molecule has 33 heavy (non-hydrogen) atoms. The summed E-state index contributed by atoms with van der Waals surface area (Å²) in [5.74, 6) is 0. The molecule has 9 heteroatoms. The quantitative estimate of drug-likeness (QED) is 0.422. The van der Waals surface area contributed by atoms with E-state index in [0.29, 0.717) is 28.4 Å². The lowest BCUT2D eigenvalue weighted by Gasteiger charge is -2.54. The average Bonchev–Trinajstić information content (AvgIpc) is 3.13. The van der Waals surface area contributed by atoms with Gasteiger partial charge in [-0.3, -0.25) is 4.90 Å². The fourth-order valence-electron chi connectivity index (χ4n) is 5.05. The molecule has 0 fully saturated rings. The Labute approximate surface area is 206 Å². The van der Waals surface area contributed by atoms with Gasteiger partial charge in [-0.2, -0.15) is 0 Å². The summed E-state index contributed by atoms with van der Waals surface area (Å²) in [6, 6.07) is 7.60. The van der Waals surface area contributed by atoms with Crippen LogP contribution < -0.4 is 0 Å². The van der Waals surface area contributed by atoms with Crippen LogP contribution in [0.1, 0.15) is 58.9 Å². The topological polar surface area (TPSA) is 86.6 Å². The molecule has 1 aromatic carbocycles. The molecule has 3 aromatic rings. The number of aryl methyl sites for hydroxylation is 1. The van der Waals surface area contributed by atoms with Gasteiger partial charge in [0.25, 0.3) is 0 Å². The molecule has 0 saturated carbocycles. The number of amides is 1. The van der Waals surface area contributed by atoms with E-state index in [4.69, 9.17) is 23.2 Å². The summed E-state index contributed by atoms with van der Waals surface area (Å²) in [5, 5.41) is 22.2. The summed E-state index contributed by atoms with van der Waals surface area (Å²) >= 11 is 14.0. The molecule has 0 aliphatic carbocycles. The van der Waals surface area contributed by atoms with Crippen molar-refractivity contribution in [1.82, 2.24) is 14.9 Å². The second kappa shape index (κ2) is 8.55. The lowest BCUT2D eigenvalue weighted by Crippen LogP contribution is -2.60. The summed E-state index contributed by atoms with van der Waals surface area (Å²) < 4.78 is 0. The van der Waals surface area contributed by atoms with E-state index >= 15 is 0 Å². The van der Waals surface area contributed by atoms with Crippen molar-refractivity contribution < 1.29 is 15.0 Å². The predicted octanol–water partition coefficient (Wildman–Crippen LogP) is 6.06. The molecule has 2 atom stereocenters. The Balaban J connectivity index is 2.00. The lowest BCUT2D eigenvalue weighted by atomic mass is 9.61. The maximum absolute atomic E-state index is 12.6. The third kappa shape index (κ3) is 3.81. The van der Waals surface area contributed by atoms with Crippen molar-refractivity contribution in [1.29, 1.82) is 0 Å². The van der Waals surface area contributed by atoms with Gasteiger partial charge in [0, 0.05) is 33.1 Å². The molecule has 0 bridgehead atoms. The van der Waals surface area contributed by atoms with Crippen LogP contribution in [0.15, 0.2) is 36.8 Å². The maximum Gasteiger partial charge on any atom is 0.408 e. The van der Waals surface area contributed by atoms with Gasteiger partial charge in [0.15, 0.2) is 0 Å². The van der Waals surface area contributed by atoms with Gasteiger partial charge in [-0.1, -0.05) is 50.0 Å². The molecule has 0 saturated heterocycles. The number of aliphatic hydroxyl groups excluding tert-OH is 1. The molecular weight excluding hydrogens is 481 g/mol. The normalized spacial score (nSPS) is 19.3. The molecule has 2 N–H and O–H groups in total. The minimum atomic E-state index is -1.03. The van der Waals surface area contributed by atoms with Crippen LogP contribution >= 0.6 is 34.5 Å². The summed E-state index contributed by atoms with van der Waals surface area (Å²) in [6.07, 6.45) is 1.39. The Morgan fingerprint density at radius 1 is 1.24 bits per heavy atom. The maximum atomic E-state index is 12.6. The number of carboxylic acid groups (broad SMARTS) is 1. The average molecular weight is 506 g/mol. The SMILES string of the molecule is Cc1sc(C(O)c2cncnc2Cl)cc1[C@@]1(C(C)(C)C)c2cc(Cl)ccc2CCN1C(=O)O. The molecule has 1 amide bonds. The fraction of sp³-hybridized carbons (Fsp3) is 0.375. The van der Waals surface area contributed by atoms with E-state index in [1.807, 2.05) is 52.0 Å². The van der Waals surface area contributed by atoms with Crippen LogP contribution in [-0.2, 0) is 12.0 Å². The zero-order valence-corrected chi connectivity index (χ0v) is 21.1. The molecular formula is C24H25Cl2N3O3S. The molecule has 3 heterocycles. The second-order valence-electron chi connectivity index (χ2n) is 9.24. The van der Waals surface area contributed by atoms with Crippen LogP contribution in [0, 0.1) is 12.3 Å². The van der Waals surface area contributed by atoms with E-state index in [2.05, 4.69) is 9.97 Å². The van der Waals surface area contributed by atoms with Crippen molar-refractivity contribution in [2.24, 2.45) is 5.41 Å². The monoisotopic (exact) mass is 505 g/mol. The van der Waals surface area contributed by atoms with E-state index < -0.39 is 23.2 Å². The first-order valence-electron chi connectivity index (χ1n) is 10.5. The lowest BCUT2D eigenvalue weighted by molar-refractivity contribution is 0.0195. The molecule has 4 rings (SSSR count). The minimum absolute atomic E-state index is 0.178.